The molecule has 1 aliphatic rings. The van der Waals surface area contributed by atoms with E-state index in [1.165, 1.54) is 19.3 Å². The summed E-state index contributed by atoms with van der Waals surface area (Å²) in [4.78, 5) is 0. The van der Waals surface area contributed by atoms with Crippen molar-refractivity contribution in [2.24, 2.45) is 5.92 Å². The van der Waals surface area contributed by atoms with E-state index in [0.29, 0.717) is 12.3 Å². The Balaban J connectivity index is 0.00000144. The average Bonchev–Trinajstić information content (AvgIpc) is 2.02. The third-order valence-corrected chi connectivity index (χ3v) is 3.26. The van der Waals surface area contributed by atoms with Crippen LogP contribution in [0.1, 0.15) is 38.5 Å². The molecule has 0 heterocycles. The van der Waals surface area contributed by atoms with Crippen LogP contribution in [-0.4, -0.2) is 70.1 Å². The zero-order chi connectivity index (χ0) is 9.03. The van der Waals surface area contributed by atoms with Gasteiger partial charge in [-0.15, -0.1) is 0 Å². The Labute approximate surface area is 123 Å². The molecule has 1 rings (SSSR count). The summed E-state index contributed by atoms with van der Waals surface area (Å²) in [6.45, 7) is 0. The summed E-state index contributed by atoms with van der Waals surface area (Å²) in [5.74, 6) is 0.471. The van der Waals surface area contributed by atoms with E-state index >= 15 is 0 Å². The van der Waals surface area contributed by atoms with Crippen molar-refractivity contribution in [1.82, 2.24) is 0 Å². The van der Waals surface area contributed by atoms with Gasteiger partial charge in [-0.3, -0.25) is 4.55 Å². The molecule has 0 atom stereocenters. The molecule has 1 radical (unpaired) electrons. The number of rotatable bonds is 3. The van der Waals surface area contributed by atoms with Crippen molar-refractivity contribution in [3.8, 4) is 0 Å². The topological polar surface area (TPSA) is 54.4 Å². The van der Waals surface area contributed by atoms with E-state index in [4.69, 9.17) is 4.55 Å². The third kappa shape index (κ3) is 7.47. The first-order valence-electron chi connectivity index (χ1n) is 4.53. The van der Waals surface area contributed by atoms with Gasteiger partial charge in [-0.2, -0.15) is 8.42 Å². The Morgan fingerprint density at radius 3 is 2.15 bits per heavy atom. The Morgan fingerprint density at radius 2 is 1.69 bits per heavy atom. The van der Waals surface area contributed by atoms with Crippen molar-refractivity contribution in [3.63, 3.8) is 0 Å². The molecule has 0 amide bonds. The molecule has 0 aromatic rings. The molecule has 0 aromatic carbocycles. The van der Waals surface area contributed by atoms with Gasteiger partial charge >= 0.3 is 0 Å². The molecule has 0 spiro atoms. The van der Waals surface area contributed by atoms with E-state index in [1.54, 1.807) is 0 Å². The fourth-order valence-electron chi connectivity index (χ4n) is 1.79. The van der Waals surface area contributed by atoms with E-state index in [1.807, 2.05) is 0 Å². The minimum atomic E-state index is -3.72. The van der Waals surface area contributed by atoms with E-state index in [0.717, 1.165) is 12.8 Å². The van der Waals surface area contributed by atoms with Crippen LogP contribution in [0.5, 0.6) is 0 Å². The van der Waals surface area contributed by atoms with Gasteiger partial charge in [-0.25, -0.2) is 0 Å². The molecule has 73 valence electrons. The second-order valence-electron chi connectivity index (χ2n) is 3.58. The molecule has 3 nitrogen and oxygen atoms in total. The maximum Gasteiger partial charge on any atom is 0.264 e. The zero-order valence-electron chi connectivity index (χ0n) is 8.20. The molecule has 5 heteroatoms. The fourth-order valence-corrected chi connectivity index (χ4v) is 2.42. The Morgan fingerprint density at radius 1 is 1.15 bits per heavy atom. The predicted molar refractivity (Wildman–Crippen MR) is 53.4 cm³/mol. The minimum Gasteiger partial charge on any atom is -0.286 e. The standard InChI is InChI=1S/C8H16O3S.K/c9-12(10,11)7-6-8-4-2-1-3-5-8;/h8H,1-7H2,(H,9,10,11);. The normalized spacial score (nSPS) is 19.5. The second kappa shape index (κ2) is 6.93. The molecule has 0 bridgehead atoms. The third-order valence-electron chi connectivity index (χ3n) is 2.51. The summed E-state index contributed by atoms with van der Waals surface area (Å²) in [7, 11) is -3.72. The van der Waals surface area contributed by atoms with Gasteiger partial charge in [0.1, 0.15) is 0 Å². The van der Waals surface area contributed by atoms with Crippen LogP contribution in [-0.2, 0) is 10.1 Å². The van der Waals surface area contributed by atoms with Crippen molar-refractivity contribution < 1.29 is 13.0 Å². The summed E-state index contributed by atoms with van der Waals surface area (Å²) in [5, 5.41) is 0. The van der Waals surface area contributed by atoms with Crippen molar-refractivity contribution in [3.05, 3.63) is 0 Å². The quantitative estimate of drug-likeness (QED) is 0.591. The van der Waals surface area contributed by atoms with E-state index in [-0.39, 0.29) is 57.1 Å². The second-order valence-corrected chi connectivity index (χ2v) is 5.15. The van der Waals surface area contributed by atoms with E-state index < -0.39 is 10.1 Å². The zero-order valence-corrected chi connectivity index (χ0v) is 12.1. The van der Waals surface area contributed by atoms with Gasteiger partial charge in [-0.05, 0) is 12.3 Å². The molecule has 0 saturated heterocycles. The van der Waals surface area contributed by atoms with Gasteiger partial charge in [0.05, 0.1) is 5.75 Å². The first-order chi connectivity index (χ1) is 5.58. The average molecular weight is 231 g/mol. The number of hydrogen-bond acceptors (Lipinski definition) is 2. The first-order valence-corrected chi connectivity index (χ1v) is 6.14. The van der Waals surface area contributed by atoms with Crippen LogP contribution < -0.4 is 0 Å². The van der Waals surface area contributed by atoms with Gasteiger partial charge in [-0.1, -0.05) is 32.1 Å². The Kier molecular flexibility index (Phi) is 7.75. The maximum atomic E-state index is 10.4. The van der Waals surface area contributed by atoms with Crippen LogP contribution in [0.25, 0.3) is 0 Å². The molecule has 1 saturated carbocycles. The van der Waals surface area contributed by atoms with Gasteiger partial charge in [0.15, 0.2) is 0 Å². The monoisotopic (exact) mass is 231 g/mol. The Bertz CT molecular complexity index is 220. The minimum absolute atomic E-state index is 0. The number of hydrogen-bond donors (Lipinski definition) is 1. The van der Waals surface area contributed by atoms with Gasteiger partial charge < -0.3 is 0 Å². The van der Waals surface area contributed by atoms with Crippen LogP contribution >= 0.6 is 0 Å². The van der Waals surface area contributed by atoms with Gasteiger partial charge in [0, 0.05) is 51.4 Å². The summed E-state index contributed by atoms with van der Waals surface area (Å²) >= 11 is 0. The molecule has 1 fully saturated rings. The largest absolute Gasteiger partial charge is 0.286 e. The molecule has 13 heavy (non-hydrogen) atoms. The van der Waals surface area contributed by atoms with Crippen LogP contribution in [0.3, 0.4) is 0 Å². The molecular weight excluding hydrogens is 215 g/mol. The molecule has 1 aliphatic carbocycles. The Hall–Kier alpha value is 1.55. The molecule has 0 aromatic heterocycles. The first kappa shape index (κ1) is 14.5. The summed E-state index contributed by atoms with van der Waals surface area (Å²) in [6.07, 6.45) is 6.62. The van der Waals surface area contributed by atoms with Crippen molar-refractivity contribution >= 4 is 61.5 Å². The molecular formula is C8H16KO3S. The summed E-state index contributed by atoms with van der Waals surface area (Å²) in [6, 6.07) is 0. The smallest absolute Gasteiger partial charge is 0.264 e. The van der Waals surface area contributed by atoms with Gasteiger partial charge in [0.25, 0.3) is 10.1 Å². The van der Waals surface area contributed by atoms with Crippen molar-refractivity contribution in [2.45, 2.75) is 38.5 Å². The predicted octanol–water partition coefficient (Wildman–Crippen LogP) is 1.46. The van der Waals surface area contributed by atoms with Crippen molar-refractivity contribution in [2.75, 3.05) is 5.75 Å². The summed E-state index contributed by atoms with van der Waals surface area (Å²) < 4.78 is 29.4. The van der Waals surface area contributed by atoms with Crippen LogP contribution in [0.2, 0.25) is 0 Å². The SMILES string of the molecule is O=S(=O)(O)CCC1CCCCC1.[K]. The molecule has 1 N–H and O–H groups in total. The van der Waals surface area contributed by atoms with Crippen LogP contribution in [0.15, 0.2) is 0 Å². The fraction of sp³-hybridized carbons (Fsp3) is 1.00. The van der Waals surface area contributed by atoms with Crippen LogP contribution in [0, 0.1) is 5.92 Å². The maximum absolute atomic E-state index is 10.4. The molecule has 0 aliphatic heterocycles. The van der Waals surface area contributed by atoms with Crippen molar-refractivity contribution in [1.29, 1.82) is 0 Å². The van der Waals surface area contributed by atoms with Gasteiger partial charge in [0.2, 0.25) is 0 Å². The molecule has 0 unspecified atom stereocenters. The summed E-state index contributed by atoms with van der Waals surface area (Å²) in [5.41, 5.74) is 0. The van der Waals surface area contributed by atoms with E-state index in [9.17, 15) is 8.42 Å². The van der Waals surface area contributed by atoms with Crippen LogP contribution in [0.4, 0.5) is 0 Å². The van der Waals surface area contributed by atoms with E-state index in [2.05, 4.69) is 0 Å².